The topological polar surface area (TPSA) is 47.6 Å². The fourth-order valence-corrected chi connectivity index (χ4v) is 3.87. The molecule has 0 saturated carbocycles. The van der Waals surface area contributed by atoms with Gasteiger partial charge in [0.2, 0.25) is 0 Å². The van der Waals surface area contributed by atoms with Crippen LogP contribution in [0.2, 0.25) is 15.1 Å². The molecule has 26 heavy (non-hydrogen) atoms. The Kier molecular flexibility index (Phi) is 6.00. The Bertz CT molecular complexity index is 882. The van der Waals surface area contributed by atoms with Crippen molar-refractivity contribution in [3.8, 4) is 11.5 Å². The number of nitrogens with one attached hydrogen (secondary N) is 1. The van der Waals surface area contributed by atoms with Crippen molar-refractivity contribution in [1.82, 2.24) is 0 Å². The predicted molar refractivity (Wildman–Crippen MR) is 107 cm³/mol. The average molecular weight is 429 g/mol. The van der Waals surface area contributed by atoms with E-state index >= 15 is 0 Å². The highest BCUT2D eigenvalue weighted by Gasteiger charge is 2.29. The molecule has 3 rings (SSSR count). The molecule has 0 aromatic heterocycles. The fraction of sp³-hybridized carbons (Fsp3) is 0. The van der Waals surface area contributed by atoms with Gasteiger partial charge in [0.15, 0.2) is 0 Å². The summed E-state index contributed by atoms with van der Waals surface area (Å²) in [6.45, 7) is 0. The van der Waals surface area contributed by atoms with Crippen LogP contribution in [0.4, 0.5) is 5.69 Å². The molecule has 0 aliphatic heterocycles. The lowest BCUT2D eigenvalue weighted by atomic mass is 10.3. The van der Waals surface area contributed by atoms with Gasteiger partial charge >= 0.3 is 7.75 Å². The van der Waals surface area contributed by atoms with Gasteiger partial charge in [-0.2, -0.15) is 0 Å². The molecule has 0 spiro atoms. The minimum absolute atomic E-state index is 0.334. The number of anilines is 1. The summed E-state index contributed by atoms with van der Waals surface area (Å²) in [5.41, 5.74) is 0.490. The molecular weight excluding hydrogens is 416 g/mol. The van der Waals surface area contributed by atoms with Crippen LogP contribution >= 0.6 is 42.5 Å². The Balaban J connectivity index is 1.89. The quantitative estimate of drug-likeness (QED) is 0.418. The van der Waals surface area contributed by atoms with Crippen molar-refractivity contribution in [3.63, 3.8) is 0 Å². The second-order valence-corrected chi connectivity index (χ2v) is 8.10. The monoisotopic (exact) mass is 427 g/mol. The first kappa shape index (κ1) is 18.9. The van der Waals surface area contributed by atoms with Gasteiger partial charge in [0.1, 0.15) is 11.5 Å². The molecule has 0 atom stereocenters. The molecule has 3 aromatic carbocycles. The summed E-state index contributed by atoms with van der Waals surface area (Å²) in [6, 6.07) is 19.6. The van der Waals surface area contributed by atoms with Gasteiger partial charge in [0.05, 0.1) is 0 Å². The highest BCUT2D eigenvalue weighted by Crippen LogP contribution is 2.48. The standard InChI is InChI=1S/C18H13Cl3NO3P/c19-13-4-8-17(9-5-13)24-26(23,22-16-3-1-2-15(21)12-16)25-18-10-6-14(20)7-11-18/h1-12H,(H,22,23). The van der Waals surface area contributed by atoms with Gasteiger partial charge in [-0.3, -0.25) is 5.09 Å². The summed E-state index contributed by atoms with van der Waals surface area (Å²) in [5, 5.41) is 4.34. The van der Waals surface area contributed by atoms with Crippen molar-refractivity contribution in [1.29, 1.82) is 0 Å². The molecule has 0 fully saturated rings. The Morgan fingerprint density at radius 1 is 0.692 bits per heavy atom. The molecular formula is C18H13Cl3NO3P. The van der Waals surface area contributed by atoms with Crippen LogP contribution in [0.15, 0.2) is 72.8 Å². The summed E-state index contributed by atoms with van der Waals surface area (Å²) in [6.07, 6.45) is 0. The van der Waals surface area contributed by atoms with Gasteiger partial charge in [-0.05, 0) is 66.7 Å². The molecule has 134 valence electrons. The molecule has 0 saturated heterocycles. The lowest BCUT2D eigenvalue weighted by molar-refractivity contribution is 0.393. The molecule has 0 aliphatic rings. The van der Waals surface area contributed by atoms with Crippen molar-refractivity contribution in [2.24, 2.45) is 0 Å². The third-order valence-corrected chi connectivity index (χ3v) is 5.34. The van der Waals surface area contributed by atoms with Crippen molar-refractivity contribution in [2.45, 2.75) is 0 Å². The predicted octanol–water partition coefficient (Wildman–Crippen LogP) is 7.32. The molecule has 3 aromatic rings. The normalized spacial score (nSPS) is 11.0. The second kappa shape index (κ2) is 8.24. The maximum atomic E-state index is 13.3. The molecule has 1 N–H and O–H groups in total. The summed E-state index contributed by atoms with van der Waals surface area (Å²) in [7, 11) is -3.83. The Hall–Kier alpha value is -1.84. The third kappa shape index (κ3) is 5.33. The lowest BCUT2D eigenvalue weighted by Gasteiger charge is -2.21. The van der Waals surface area contributed by atoms with E-state index in [0.717, 1.165) is 0 Å². The molecule has 8 heteroatoms. The van der Waals surface area contributed by atoms with E-state index < -0.39 is 7.75 Å². The van der Waals surface area contributed by atoms with Crippen LogP contribution in [0.1, 0.15) is 0 Å². The molecule has 0 heterocycles. The van der Waals surface area contributed by atoms with Crippen molar-refractivity contribution in [2.75, 3.05) is 5.09 Å². The Labute approximate surface area is 166 Å². The smallest absolute Gasteiger partial charge is 0.400 e. The van der Waals surface area contributed by atoms with E-state index in [1.807, 2.05) is 0 Å². The lowest BCUT2D eigenvalue weighted by Crippen LogP contribution is -2.09. The number of benzene rings is 3. The van der Waals surface area contributed by atoms with E-state index in [1.165, 1.54) is 0 Å². The molecule has 4 nitrogen and oxygen atoms in total. The van der Waals surface area contributed by atoms with Gasteiger partial charge in [-0.25, -0.2) is 4.57 Å². The number of halogens is 3. The highest BCUT2D eigenvalue weighted by atomic mass is 35.5. The minimum atomic E-state index is -3.83. The zero-order valence-corrected chi connectivity index (χ0v) is 16.4. The van der Waals surface area contributed by atoms with E-state index in [2.05, 4.69) is 5.09 Å². The van der Waals surface area contributed by atoms with Gasteiger partial charge in [-0.15, -0.1) is 0 Å². The van der Waals surface area contributed by atoms with Gasteiger partial charge < -0.3 is 9.05 Å². The van der Waals surface area contributed by atoms with Crippen LogP contribution in [0.25, 0.3) is 0 Å². The van der Waals surface area contributed by atoms with E-state index in [9.17, 15) is 4.57 Å². The van der Waals surface area contributed by atoms with Crippen LogP contribution in [-0.4, -0.2) is 0 Å². The molecule has 0 unspecified atom stereocenters. The van der Waals surface area contributed by atoms with E-state index in [1.54, 1.807) is 72.8 Å². The summed E-state index contributed by atoms with van der Waals surface area (Å²) in [4.78, 5) is 0. The number of rotatable bonds is 6. The maximum Gasteiger partial charge on any atom is 0.541 e. The maximum absolute atomic E-state index is 13.3. The van der Waals surface area contributed by atoms with Crippen molar-refractivity contribution in [3.05, 3.63) is 87.9 Å². The van der Waals surface area contributed by atoms with E-state index in [0.29, 0.717) is 32.3 Å². The van der Waals surface area contributed by atoms with Gasteiger partial charge in [0, 0.05) is 20.8 Å². The summed E-state index contributed by atoms with van der Waals surface area (Å²) < 4.78 is 24.6. The van der Waals surface area contributed by atoms with Crippen molar-refractivity contribution < 1.29 is 13.6 Å². The number of hydrogen-bond donors (Lipinski definition) is 1. The second-order valence-electron chi connectivity index (χ2n) is 5.21. The first-order valence-corrected chi connectivity index (χ1v) is 10.1. The zero-order valence-electron chi connectivity index (χ0n) is 13.2. The fourth-order valence-electron chi connectivity index (χ4n) is 2.05. The van der Waals surface area contributed by atoms with Crippen LogP contribution in [0.5, 0.6) is 11.5 Å². The first-order valence-electron chi connectivity index (χ1n) is 7.46. The molecule has 0 bridgehead atoms. The van der Waals surface area contributed by atoms with Crippen LogP contribution in [-0.2, 0) is 4.57 Å². The van der Waals surface area contributed by atoms with Crippen LogP contribution in [0.3, 0.4) is 0 Å². The van der Waals surface area contributed by atoms with Crippen LogP contribution in [0, 0.1) is 0 Å². The van der Waals surface area contributed by atoms with Crippen molar-refractivity contribution >= 4 is 48.2 Å². The zero-order chi connectivity index (χ0) is 18.6. The molecule has 0 radical (unpaired) electrons. The summed E-state index contributed by atoms with van der Waals surface area (Å²) >= 11 is 17.7. The van der Waals surface area contributed by atoms with Gasteiger partial charge in [-0.1, -0.05) is 40.9 Å². The Morgan fingerprint density at radius 2 is 1.19 bits per heavy atom. The Morgan fingerprint density at radius 3 is 1.65 bits per heavy atom. The van der Waals surface area contributed by atoms with E-state index in [4.69, 9.17) is 43.9 Å². The minimum Gasteiger partial charge on any atom is -0.400 e. The summed E-state index contributed by atoms with van der Waals surface area (Å²) in [5.74, 6) is 0.669. The van der Waals surface area contributed by atoms with Gasteiger partial charge in [0.25, 0.3) is 0 Å². The van der Waals surface area contributed by atoms with Crippen LogP contribution < -0.4 is 14.1 Å². The highest BCUT2D eigenvalue weighted by molar-refractivity contribution is 7.56. The largest absolute Gasteiger partial charge is 0.541 e. The SMILES string of the molecule is O=P(Nc1cccc(Cl)c1)(Oc1ccc(Cl)cc1)Oc1ccc(Cl)cc1. The third-order valence-electron chi connectivity index (χ3n) is 3.17. The molecule has 0 aliphatic carbocycles. The first-order chi connectivity index (χ1) is 12.4. The average Bonchev–Trinajstić information content (AvgIpc) is 2.59. The van der Waals surface area contributed by atoms with E-state index in [-0.39, 0.29) is 0 Å². The molecule has 0 amide bonds. The number of hydrogen-bond acceptors (Lipinski definition) is 3.